The molecule has 0 unspecified atom stereocenters. The zero-order valence-electron chi connectivity index (χ0n) is 23.2. The average Bonchev–Trinajstić information content (AvgIpc) is 3.47. The van der Waals surface area contributed by atoms with E-state index in [1.54, 1.807) is 6.20 Å². The van der Waals surface area contributed by atoms with Crippen LogP contribution in [0, 0.1) is 5.41 Å². The minimum atomic E-state index is -0.978. The number of benzene rings is 1. The van der Waals surface area contributed by atoms with E-state index in [2.05, 4.69) is 20.9 Å². The van der Waals surface area contributed by atoms with Crippen LogP contribution in [0.3, 0.4) is 0 Å². The van der Waals surface area contributed by atoms with Gasteiger partial charge in [-0.3, -0.25) is 14.4 Å². The summed E-state index contributed by atoms with van der Waals surface area (Å²) in [5.74, 6) is -1.33. The van der Waals surface area contributed by atoms with Crippen LogP contribution in [0.15, 0.2) is 30.5 Å². The SMILES string of the molecule is CC(C)(C)CC(=O)N1CC[C@H](NC(=O)NC2CCCCC2)[C@H]1C(=O)N[C@H](Cc1c[nH]c2ccccc12)C(N)=O. The van der Waals surface area contributed by atoms with Gasteiger partial charge in [0.2, 0.25) is 17.7 Å². The maximum Gasteiger partial charge on any atom is 0.315 e. The molecule has 2 heterocycles. The van der Waals surface area contributed by atoms with Crippen molar-refractivity contribution in [2.45, 2.75) is 96.3 Å². The van der Waals surface area contributed by atoms with Gasteiger partial charge in [-0.25, -0.2) is 4.79 Å². The Hall–Kier alpha value is -3.56. The first-order chi connectivity index (χ1) is 18.5. The molecular weight excluding hydrogens is 496 g/mol. The summed E-state index contributed by atoms with van der Waals surface area (Å²) < 4.78 is 0. The first-order valence-electron chi connectivity index (χ1n) is 14.0. The molecule has 1 saturated heterocycles. The summed E-state index contributed by atoms with van der Waals surface area (Å²) in [5, 5.41) is 9.73. The summed E-state index contributed by atoms with van der Waals surface area (Å²) in [4.78, 5) is 57.0. The van der Waals surface area contributed by atoms with Crippen molar-refractivity contribution in [3.8, 4) is 0 Å². The second kappa shape index (κ2) is 12.1. The number of likely N-dealkylation sites (tertiary alicyclic amines) is 1. The van der Waals surface area contributed by atoms with Crippen molar-refractivity contribution in [2.75, 3.05) is 6.54 Å². The normalized spacial score (nSPS) is 20.9. The molecule has 10 heteroatoms. The van der Waals surface area contributed by atoms with E-state index in [0.717, 1.165) is 42.1 Å². The molecule has 2 aliphatic rings. The van der Waals surface area contributed by atoms with Gasteiger partial charge in [-0.15, -0.1) is 0 Å². The van der Waals surface area contributed by atoms with Crippen molar-refractivity contribution < 1.29 is 19.2 Å². The van der Waals surface area contributed by atoms with Crippen molar-refractivity contribution in [3.05, 3.63) is 36.0 Å². The quantitative estimate of drug-likeness (QED) is 0.351. The number of carbonyl (C=O) groups is 4. The number of nitrogens with two attached hydrogens (primary N) is 1. The molecule has 0 radical (unpaired) electrons. The molecule has 4 rings (SSSR count). The van der Waals surface area contributed by atoms with Gasteiger partial charge in [0.1, 0.15) is 12.1 Å². The highest BCUT2D eigenvalue weighted by atomic mass is 16.2. The summed E-state index contributed by atoms with van der Waals surface area (Å²) in [7, 11) is 0. The molecule has 39 heavy (non-hydrogen) atoms. The molecule has 10 nitrogen and oxygen atoms in total. The van der Waals surface area contributed by atoms with E-state index in [9.17, 15) is 19.2 Å². The third-order valence-corrected chi connectivity index (χ3v) is 7.68. The number of nitrogens with one attached hydrogen (secondary N) is 4. The van der Waals surface area contributed by atoms with Gasteiger partial charge in [0.25, 0.3) is 0 Å². The molecule has 3 atom stereocenters. The van der Waals surface area contributed by atoms with Crippen molar-refractivity contribution in [3.63, 3.8) is 0 Å². The number of H-pyrrole nitrogens is 1. The maximum atomic E-state index is 13.7. The lowest BCUT2D eigenvalue weighted by Gasteiger charge is -2.31. The fourth-order valence-corrected chi connectivity index (χ4v) is 5.75. The van der Waals surface area contributed by atoms with Crippen molar-refractivity contribution in [1.29, 1.82) is 0 Å². The number of urea groups is 1. The van der Waals surface area contributed by atoms with Crippen LogP contribution in [0.5, 0.6) is 0 Å². The van der Waals surface area contributed by atoms with E-state index in [1.807, 2.05) is 45.0 Å². The Morgan fingerprint density at radius 1 is 1.05 bits per heavy atom. The van der Waals surface area contributed by atoms with E-state index < -0.39 is 29.9 Å². The topological polar surface area (TPSA) is 149 Å². The van der Waals surface area contributed by atoms with Gasteiger partial charge in [0, 0.05) is 42.5 Å². The van der Waals surface area contributed by atoms with Gasteiger partial charge < -0.3 is 31.6 Å². The molecule has 5 amide bonds. The van der Waals surface area contributed by atoms with Crippen molar-refractivity contribution in [2.24, 2.45) is 11.1 Å². The summed E-state index contributed by atoms with van der Waals surface area (Å²) >= 11 is 0. The van der Waals surface area contributed by atoms with Crippen molar-refractivity contribution >= 4 is 34.7 Å². The first kappa shape index (κ1) is 28.4. The van der Waals surface area contributed by atoms with E-state index in [0.29, 0.717) is 13.0 Å². The number of primary amides is 1. The number of aromatic nitrogens is 1. The molecule has 1 aromatic carbocycles. The van der Waals surface area contributed by atoms with Crippen LogP contribution >= 0.6 is 0 Å². The molecule has 2 fully saturated rings. The summed E-state index contributed by atoms with van der Waals surface area (Å²) in [5.41, 5.74) is 7.22. The zero-order chi connectivity index (χ0) is 28.2. The predicted octanol–water partition coefficient (Wildman–Crippen LogP) is 2.72. The Labute approximate surface area is 229 Å². The highest BCUT2D eigenvalue weighted by molar-refractivity contribution is 5.94. The zero-order valence-corrected chi connectivity index (χ0v) is 23.2. The van der Waals surface area contributed by atoms with E-state index in [4.69, 9.17) is 5.73 Å². The number of nitrogens with zero attached hydrogens (tertiary/aromatic N) is 1. The number of rotatable bonds is 8. The standard InChI is InChI=1S/C29H42N6O4/c1-29(2,3)16-24(36)35-14-13-22(34-28(39)32-19-9-5-4-6-10-19)25(35)27(38)33-23(26(30)37)15-18-17-31-21-12-8-7-11-20(18)21/h7-8,11-12,17,19,22-23,25,31H,4-6,9-10,13-16H2,1-3H3,(H2,30,37)(H,33,38)(H2,32,34,39)/t22-,23+,25-/m0/s1. The smallest absolute Gasteiger partial charge is 0.315 e. The molecule has 1 saturated carbocycles. The summed E-state index contributed by atoms with van der Waals surface area (Å²) in [6, 6.07) is 4.97. The van der Waals surface area contributed by atoms with Gasteiger partial charge in [-0.2, -0.15) is 0 Å². The molecule has 6 N–H and O–H groups in total. The van der Waals surface area contributed by atoms with Crippen LogP contribution < -0.4 is 21.7 Å². The Balaban J connectivity index is 1.50. The highest BCUT2D eigenvalue weighted by Gasteiger charge is 2.44. The maximum absolute atomic E-state index is 13.7. The second-order valence-electron chi connectivity index (χ2n) is 12.1. The molecule has 1 aliphatic heterocycles. The molecular formula is C29H42N6O4. The number of hydrogen-bond acceptors (Lipinski definition) is 4. The lowest BCUT2D eigenvalue weighted by atomic mass is 9.91. The molecule has 0 spiro atoms. The Morgan fingerprint density at radius 2 is 1.77 bits per heavy atom. The van der Waals surface area contributed by atoms with Crippen LogP contribution in [-0.2, 0) is 20.8 Å². The van der Waals surface area contributed by atoms with Crippen LogP contribution in [0.1, 0.15) is 71.3 Å². The van der Waals surface area contributed by atoms with E-state index in [-0.39, 0.29) is 36.2 Å². The Morgan fingerprint density at radius 3 is 2.46 bits per heavy atom. The minimum Gasteiger partial charge on any atom is -0.368 e. The van der Waals surface area contributed by atoms with Crippen molar-refractivity contribution in [1.82, 2.24) is 25.8 Å². The van der Waals surface area contributed by atoms with Crippen LogP contribution in [0.4, 0.5) is 4.79 Å². The largest absolute Gasteiger partial charge is 0.368 e. The first-order valence-corrected chi connectivity index (χ1v) is 14.0. The van der Waals surface area contributed by atoms with Crippen LogP contribution in [0.2, 0.25) is 0 Å². The highest BCUT2D eigenvalue weighted by Crippen LogP contribution is 2.26. The summed E-state index contributed by atoms with van der Waals surface area (Å²) in [6.45, 7) is 6.24. The Kier molecular flexibility index (Phi) is 8.82. The molecule has 1 aliphatic carbocycles. The fraction of sp³-hybridized carbons (Fsp3) is 0.586. The number of amides is 5. The van der Waals surface area contributed by atoms with Gasteiger partial charge in [0.05, 0.1) is 6.04 Å². The number of para-hydroxylation sites is 1. The van der Waals surface area contributed by atoms with Gasteiger partial charge in [-0.1, -0.05) is 58.2 Å². The number of carbonyl (C=O) groups excluding carboxylic acids is 4. The van der Waals surface area contributed by atoms with Gasteiger partial charge >= 0.3 is 6.03 Å². The number of hydrogen-bond donors (Lipinski definition) is 5. The van der Waals surface area contributed by atoms with Gasteiger partial charge in [0.15, 0.2) is 0 Å². The molecule has 2 aromatic rings. The minimum absolute atomic E-state index is 0.112. The third kappa shape index (κ3) is 7.30. The van der Waals surface area contributed by atoms with Crippen LogP contribution in [0.25, 0.3) is 10.9 Å². The second-order valence-corrected chi connectivity index (χ2v) is 12.1. The lowest BCUT2D eigenvalue weighted by molar-refractivity contribution is -0.141. The summed E-state index contributed by atoms with van der Waals surface area (Å²) in [6.07, 6.45) is 7.92. The molecule has 0 bridgehead atoms. The monoisotopic (exact) mass is 538 g/mol. The van der Waals surface area contributed by atoms with Gasteiger partial charge in [-0.05, 0) is 36.3 Å². The predicted molar refractivity (Wildman–Crippen MR) is 150 cm³/mol. The molecule has 1 aromatic heterocycles. The average molecular weight is 539 g/mol. The molecule has 212 valence electrons. The lowest BCUT2D eigenvalue weighted by Crippen LogP contribution is -2.59. The van der Waals surface area contributed by atoms with Crippen LogP contribution in [-0.4, -0.2) is 64.3 Å². The number of fused-ring (bicyclic) bond motifs is 1. The van der Waals surface area contributed by atoms with E-state index in [1.165, 1.54) is 11.3 Å². The third-order valence-electron chi connectivity index (χ3n) is 7.68. The Bertz CT molecular complexity index is 1200. The number of aromatic amines is 1. The fourth-order valence-electron chi connectivity index (χ4n) is 5.75. The van der Waals surface area contributed by atoms with E-state index >= 15 is 0 Å².